The predicted octanol–water partition coefficient (Wildman–Crippen LogP) is 3.72. The Balaban J connectivity index is 2.44. The highest BCUT2D eigenvalue weighted by atomic mass is 35.5. The van der Waals surface area contributed by atoms with Crippen molar-refractivity contribution in [3.8, 4) is 0 Å². The van der Waals surface area contributed by atoms with Crippen molar-refractivity contribution < 1.29 is 0 Å². The maximum atomic E-state index is 5.92. The molecule has 0 saturated heterocycles. The fourth-order valence-corrected chi connectivity index (χ4v) is 2.19. The number of nitrogens with zero attached hydrogens (tertiary/aromatic N) is 1. The van der Waals surface area contributed by atoms with Crippen LogP contribution in [0.4, 0.5) is 0 Å². The van der Waals surface area contributed by atoms with Crippen molar-refractivity contribution in [3.05, 3.63) is 34.9 Å². The topological polar surface area (TPSA) is 15.3 Å². The first-order valence-corrected chi connectivity index (χ1v) is 7.16. The zero-order chi connectivity index (χ0) is 13.4. The van der Waals surface area contributed by atoms with Gasteiger partial charge in [0.25, 0.3) is 0 Å². The van der Waals surface area contributed by atoms with Crippen molar-refractivity contribution >= 4 is 11.6 Å². The normalized spacial score (nSPS) is 12.9. The van der Waals surface area contributed by atoms with Gasteiger partial charge in [0.2, 0.25) is 0 Å². The van der Waals surface area contributed by atoms with E-state index >= 15 is 0 Å². The minimum Gasteiger partial charge on any atom is -0.313 e. The van der Waals surface area contributed by atoms with Crippen molar-refractivity contribution in [1.29, 1.82) is 0 Å². The maximum Gasteiger partial charge on any atom is 0.0406 e. The molecule has 0 saturated carbocycles. The Kier molecular flexibility index (Phi) is 7.33. The summed E-state index contributed by atoms with van der Waals surface area (Å²) in [4.78, 5) is 2.41. The van der Waals surface area contributed by atoms with E-state index in [4.69, 9.17) is 11.6 Å². The minimum absolute atomic E-state index is 0.409. The Morgan fingerprint density at radius 3 is 2.44 bits per heavy atom. The van der Waals surface area contributed by atoms with E-state index in [-0.39, 0.29) is 0 Å². The van der Waals surface area contributed by atoms with Crippen LogP contribution in [0.25, 0.3) is 0 Å². The molecule has 2 nitrogen and oxygen atoms in total. The van der Waals surface area contributed by atoms with Gasteiger partial charge in [-0.1, -0.05) is 37.1 Å². The van der Waals surface area contributed by atoms with Crippen molar-refractivity contribution in [3.63, 3.8) is 0 Å². The number of hydrogen-bond donors (Lipinski definition) is 1. The van der Waals surface area contributed by atoms with Crippen LogP contribution in [0.5, 0.6) is 0 Å². The molecule has 0 aliphatic rings. The Hall–Kier alpha value is -0.570. The lowest BCUT2D eigenvalue weighted by molar-refractivity contribution is 0.306. The van der Waals surface area contributed by atoms with Gasteiger partial charge in [-0.15, -0.1) is 0 Å². The Morgan fingerprint density at radius 1 is 1.22 bits per heavy atom. The molecule has 1 rings (SSSR count). The van der Waals surface area contributed by atoms with E-state index < -0.39 is 0 Å². The number of nitrogens with one attached hydrogen (secondary N) is 1. The molecule has 0 spiro atoms. The molecule has 0 heterocycles. The largest absolute Gasteiger partial charge is 0.313 e. The van der Waals surface area contributed by atoms with Crippen LogP contribution in [0, 0.1) is 0 Å². The molecule has 0 aliphatic heterocycles. The number of rotatable bonds is 8. The Morgan fingerprint density at radius 2 is 1.89 bits per heavy atom. The van der Waals surface area contributed by atoms with E-state index in [2.05, 4.69) is 36.3 Å². The molecule has 1 unspecified atom stereocenters. The highest BCUT2D eigenvalue weighted by Crippen LogP contribution is 2.19. The van der Waals surface area contributed by atoms with E-state index in [9.17, 15) is 0 Å². The van der Waals surface area contributed by atoms with Gasteiger partial charge in [-0.05, 0) is 57.7 Å². The summed E-state index contributed by atoms with van der Waals surface area (Å²) in [5.41, 5.74) is 1.31. The predicted molar refractivity (Wildman–Crippen MR) is 80.3 cm³/mol. The summed E-state index contributed by atoms with van der Waals surface area (Å²) < 4.78 is 0. The summed E-state index contributed by atoms with van der Waals surface area (Å²) in [6.45, 7) is 4.54. The van der Waals surface area contributed by atoms with Crippen LogP contribution < -0.4 is 5.32 Å². The van der Waals surface area contributed by atoms with Crippen molar-refractivity contribution in [2.24, 2.45) is 0 Å². The van der Waals surface area contributed by atoms with Gasteiger partial charge in [-0.25, -0.2) is 0 Å². The molecule has 0 aromatic heterocycles. The molecule has 1 atom stereocenters. The van der Waals surface area contributed by atoms with Gasteiger partial charge >= 0.3 is 0 Å². The lowest BCUT2D eigenvalue weighted by Crippen LogP contribution is -2.26. The first-order valence-electron chi connectivity index (χ1n) is 6.78. The molecule has 102 valence electrons. The van der Waals surface area contributed by atoms with Gasteiger partial charge in [0.05, 0.1) is 0 Å². The highest BCUT2D eigenvalue weighted by molar-refractivity contribution is 6.30. The average Bonchev–Trinajstić information content (AvgIpc) is 2.39. The van der Waals surface area contributed by atoms with Crippen LogP contribution in [0.3, 0.4) is 0 Å². The standard InChI is InChI=1S/C15H25ClN2/c1-4-5-11-18(3)12-10-15(17-2)13-6-8-14(16)9-7-13/h6-9,15,17H,4-5,10-12H2,1-3H3. The monoisotopic (exact) mass is 268 g/mol. The van der Waals surface area contributed by atoms with Crippen LogP contribution in [0.2, 0.25) is 5.02 Å². The number of hydrogen-bond acceptors (Lipinski definition) is 2. The van der Waals surface area contributed by atoms with Crippen LogP contribution in [-0.4, -0.2) is 32.1 Å². The van der Waals surface area contributed by atoms with Crippen LogP contribution in [-0.2, 0) is 0 Å². The van der Waals surface area contributed by atoms with Gasteiger partial charge < -0.3 is 10.2 Å². The number of benzene rings is 1. The molecular weight excluding hydrogens is 244 g/mol. The highest BCUT2D eigenvalue weighted by Gasteiger charge is 2.10. The zero-order valence-electron chi connectivity index (χ0n) is 11.7. The van der Waals surface area contributed by atoms with Gasteiger partial charge in [0, 0.05) is 11.1 Å². The zero-order valence-corrected chi connectivity index (χ0v) is 12.5. The average molecular weight is 269 g/mol. The fraction of sp³-hybridized carbons (Fsp3) is 0.600. The van der Waals surface area contributed by atoms with Gasteiger partial charge in [-0.2, -0.15) is 0 Å². The lowest BCUT2D eigenvalue weighted by atomic mass is 10.0. The van der Waals surface area contributed by atoms with E-state index in [0.717, 1.165) is 18.0 Å². The summed E-state index contributed by atoms with van der Waals surface area (Å²) in [5.74, 6) is 0. The molecule has 0 amide bonds. The van der Waals surface area contributed by atoms with Crippen molar-refractivity contribution in [2.45, 2.75) is 32.2 Å². The maximum absolute atomic E-state index is 5.92. The molecule has 18 heavy (non-hydrogen) atoms. The summed E-state index contributed by atoms with van der Waals surface area (Å²) in [6.07, 6.45) is 3.66. The molecule has 1 aromatic carbocycles. The van der Waals surface area contributed by atoms with Crippen LogP contribution in [0.15, 0.2) is 24.3 Å². The fourth-order valence-electron chi connectivity index (χ4n) is 2.06. The molecule has 1 aromatic rings. The SMILES string of the molecule is CCCCN(C)CCC(NC)c1ccc(Cl)cc1. The smallest absolute Gasteiger partial charge is 0.0406 e. The van der Waals surface area contributed by atoms with E-state index in [1.807, 2.05) is 19.2 Å². The third-order valence-corrected chi connectivity index (χ3v) is 3.57. The van der Waals surface area contributed by atoms with Gasteiger partial charge in [-0.3, -0.25) is 0 Å². The number of halogens is 1. The molecule has 0 aliphatic carbocycles. The second-order valence-corrected chi connectivity index (χ2v) is 5.27. The summed E-state index contributed by atoms with van der Waals surface area (Å²) >= 11 is 5.92. The molecule has 3 heteroatoms. The van der Waals surface area contributed by atoms with Gasteiger partial charge in [0.15, 0.2) is 0 Å². The van der Waals surface area contributed by atoms with Gasteiger partial charge in [0.1, 0.15) is 0 Å². The molecule has 0 fully saturated rings. The molecular formula is C15H25ClN2. The Labute approximate surface area is 116 Å². The Bertz CT molecular complexity index is 324. The number of unbranched alkanes of at least 4 members (excludes halogenated alkanes) is 1. The van der Waals surface area contributed by atoms with Crippen LogP contribution in [0.1, 0.15) is 37.8 Å². The van der Waals surface area contributed by atoms with E-state index in [0.29, 0.717) is 6.04 Å². The third kappa shape index (κ3) is 5.38. The van der Waals surface area contributed by atoms with Crippen molar-refractivity contribution in [2.75, 3.05) is 27.2 Å². The molecule has 0 radical (unpaired) electrons. The van der Waals surface area contributed by atoms with E-state index in [1.165, 1.54) is 24.9 Å². The third-order valence-electron chi connectivity index (χ3n) is 3.31. The quantitative estimate of drug-likeness (QED) is 0.773. The van der Waals surface area contributed by atoms with Crippen molar-refractivity contribution in [1.82, 2.24) is 10.2 Å². The second kappa shape index (κ2) is 8.52. The van der Waals surface area contributed by atoms with Crippen LogP contribution >= 0.6 is 11.6 Å². The molecule has 1 N–H and O–H groups in total. The first-order chi connectivity index (χ1) is 8.67. The summed E-state index contributed by atoms with van der Waals surface area (Å²) in [6, 6.07) is 8.54. The summed E-state index contributed by atoms with van der Waals surface area (Å²) in [7, 11) is 4.22. The minimum atomic E-state index is 0.409. The first kappa shape index (κ1) is 15.5. The summed E-state index contributed by atoms with van der Waals surface area (Å²) in [5, 5.41) is 4.18. The second-order valence-electron chi connectivity index (χ2n) is 4.84. The molecule has 0 bridgehead atoms. The van der Waals surface area contributed by atoms with E-state index in [1.54, 1.807) is 0 Å². The lowest BCUT2D eigenvalue weighted by Gasteiger charge is -2.21.